The Morgan fingerprint density at radius 1 is 0.846 bits per heavy atom. The summed E-state index contributed by atoms with van der Waals surface area (Å²) in [6, 6.07) is 24.5. The third kappa shape index (κ3) is 3.52. The maximum absolute atomic E-state index is 3.60. The number of benzene rings is 3. The van der Waals surface area contributed by atoms with E-state index in [1.165, 1.54) is 57.1 Å². The molecule has 0 radical (unpaired) electrons. The third-order valence-electron chi connectivity index (χ3n) is 5.18. The molecule has 1 aliphatic rings. The molecule has 3 aromatic carbocycles. The zero-order valence-electron chi connectivity index (χ0n) is 15.5. The predicted molar refractivity (Wildman–Crippen MR) is 113 cm³/mol. The summed E-state index contributed by atoms with van der Waals surface area (Å²) in [5, 5.41) is 3.60. The summed E-state index contributed by atoms with van der Waals surface area (Å²) in [6.45, 7) is 4.55. The average Bonchev–Trinajstić information content (AvgIpc) is 2.70. The number of hydrogen-bond acceptors (Lipinski definition) is 2. The maximum atomic E-state index is 3.60. The Balaban J connectivity index is 1.55. The molecule has 0 fully saturated rings. The van der Waals surface area contributed by atoms with E-state index in [-0.39, 0.29) is 0 Å². The lowest BCUT2D eigenvalue weighted by molar-refractivity contribution is 0.794. The summed E-state index contributed by atoms with van der Waals surface area (Å²) in [5.41, 5.74) is 6.61. The summed E-state index contributed by atoms with van der Waals surface area (Å²) in [5.74, 6) is 0.393. The molecule has 0 saturated heterocycles. The van der Waals surface area contributed by atoms with E-state index < -0.39 is 0 Å². The van der Waals surface area contributed by atoms with Gasteiger partial charge in [-0.15, -0.1) is 0 Å². The van der Waals surface area contributed by atoms with E-state index in [4.69, 9.17) is 0 Å². The van der Waals surface area contributed by atoms with Crippen LogP contribution in [0.2, 0.25) is 0 Å². The highest BCUT2D eigenvalue weighted by Gasteiger charge is 2.17. The van der Waals surface area contributed by atoms with Crippen molar-refractivity contribution in [2.45, 2.75) is 48.8 Å². The van der Waals surface area contributed by atoms with Crippen LogP contribution >= 0.6 is 11.8 Å². The molecule has 1 aliphatic heterocycles. The third-order valence-corrected chi connectivity index (χ3v) is 6.33. The first-order valence-corrected chi connectivity index (χ1v) is 10.3. The van der Waals surface area contributed by atoms with Crippen LogP contribution in [-0.2, 0) is 6.42 Å². The van der Waals surface area contributed by atoms with Gasteiger partial charge in [0.25, 0.3) is 0 Å². The molecule has 2 heteroatoms. The van der Waals surface area contributed by atoms with Gasteiger partial charge >= 0.3 is 0 Å². The largest absolute Gasteiger partial charge is 0.354 e. The lowest BCUT2D eigenvalue weighted by atomic mass is 9.91. The number of anilines is 2. The lowest BCUT2D eigenvalue weighted by Crippen LogP contribution is -2.02. The molecule has 1 atom stereocenters. The lowest BCUT2D eigenvalue weighted by Gasteiger charge is -2.22. The van der Waals surface area contributed by atoms with Crippen LogP contribution in [0.5, 0.6) is 0 Å². The molecule has 0 bridgehead atoms. The van der Waals surface area contributed by atoms with Gasteiger partial charge in [-0.05, 0) is 53.8 Å². The number of rotatable bonds is 5. The van der Waals surface area contributed by atoms with E-state index in [9.17, 15) is 0 Å². The van der Waals surface area contributed by atoms with Crippen molar-refractivity contribution in [3.8, 4) is 0 Å². The molecule has 26 heavy (non-hydrogen) atoms. The minimum Gasteiger partial charge on any atom is -0.354 e. The smallest absolute Gasteiger partial charge is 0.0529 e. The number of aryl methyl sites for hydroxylation is 1. The maximum Gasteiger partial charge on any atom is 0.0529 e. The summed E-state index contributed by atoms with van der Waals surface area (Å²) >= 11 is 1.85. The zero-order chi connectivity index (χ0) is 17.9. The van der Waals surface area contributed by atoms with Crippen molar-refractivity contribution >= 4 is 23.1 Å². The molecule has 1 unspecified atom stereocenters. The Hall–Kier alpha value is -2.19. The molecule has 0 spiro atoms. The molecule has 1 heterocycles. The monoisotopic (exact) mass is 359 g/mol. The molecule has 1 N–H and O–H groups in total. The van der Waals surface area contributed by atoms with Gasteiger partial charge in [0.05, 0.1) is 11.4 Å². The Morgan fingerprint density at radius 2 is 1.58 bits per heavy atom. The second kappa shape index (κ2) is 7.59. The van der Waals surface area contributed by atoms with Gasteiger partial charge in [0.1, 0.15) is 0 Å². The van der Waals surface area contributed by atoms with E-state index in [1.807, 2.05) is 11.8 Å². The minimum absolute atomic E-state index is 0.393. The van der Waals surface area contributed by atoms with Gasteiger partial charge in [0.2, 0.25) is 0 Å². The Bertz CT molecular complexity index is 898. The quantitative estimate of drug-likeness (QED) is 0.398. The fraction of sp³-hybridized carbons (Fsp3) is 0.250. The van der Waals surface area contributed by atoms with Crippen LogP contribution in [0.3, 0.4) is 0 Å². The summed E-state index contributed by atoms with van der Waals surface area (Å²) in [6.07, 6.45) is 3.70. The van der Waals surface area contributed by atoms with Crippen molar-refractivity contribution in [3.05, 3.63) is 83.4 Å². The Kier molecular flexibility index (Phi) is 5.03. The van der Waals surface area contributed by atoms with Crippen molar-refractivity contribution < 1.29 is 0 Å². The van der Waals surface area contributed by atoms with Crippen molar-refractivity contribution in [2.75, 3.05) is 5.32 Å². The van der Waals surface area contributed by atoms with Crippen molar-refractivity contribution in [2.24, 2.45) is 0 Å². The summed E-state index contributed by atoms with van der Waals surface area (Å²) in [4.78, 5) is 2.60. The fourth-order valence-corrected chi connectivity index (χ4v) is 4.44. The first-order valence-electron chi connectivity index (χ1n) is 9.51. The molecule has 1 nitrogen and oxygen atoms in total. The van der Waals surface area contributed by atoms with Crippen LogP contribution in [0.15, 0.2) is 76.5 Å². The zero-order valence-corrected chi connectivity index (χ0v) is 16.3. The number of para-hydroxylation sites is 1. The van der Waals surface area contributed by atoms with Gasteiger partial charge in [-0.2, -0.15) is 0 Å². The van der Waals surface area contributed by atoms with Gasteiger partial charge < -0.3 is 5.32 Å². The Morgan fingerprint density at radius 3 is 2.38 bits per heavy atom. The van der Waals surface area contributed by atoms with Crippen LogP contribution in [0, 0.1) is 0 Å². The average molecular weight is 360 g/mol. The minimum atomic E-state index is 0.393. The molecule has 4 rings (SSSR count). The molecule has 0 amide bonds. The van der Waals surface area contributed by atoms with Crippen LogP contribution in [0.25, 0.3) is 0 Å². The molecular weight excluding hydrogens is 334 g/mol. The highest BCUT2D eigenvalue weighted by Crippen LogP contribution is 2.45. The number of nitrogens with one attached hydrogen (secondary N) is 1. The van der Waals surface area contributed by atoms with Crippen LogP contribution in [0.1, 0.15) is 49.3 Å². The van der Waals surface area contributed by atoms with Crippen molar-refractivity contribution in [1.82, 2.24) is 0 Å². The van der Waals surface area contributed by atoms with Crippen molar-refractivity contribution in [1.29, 1.82) is 0 Å². The molecule has 0 saturated carbocycles. The number of hydrogen-bond donors (Lipinski definition) is 1. The van der Waals surface area contributed by atoms with Crippen molar-refractivity contribution in [3.63, 3.8) is 0 Å². The summed E-state index contributed by atoms with van der Waals surface area (Å²) in [7, 11) is 0. The fourth-order valence-electron chi connectivity index (χ4n) is 3.47. The number of fused-ring (bicyclic) bond motifs is 2. The van der Waals surface area contributed by atoms with Gasteiger partial charge in [0, 0.05) is 15.7 Å². The number of unbranched alkanes of at least 4 members (excludes halogenated alkanes) is 1. The molecule has 132 valence electrons. The van der Waals surface area contributed by atoms with E-state index in [2.05, 4.69) is 85.9 Å². The first-order chi connectivity index (χ1) is 12.7. The van der Waals surface area contributed by atoms with Gasteiger partial charge in [0.15, 0.2) is 0 Å². The molecule has 3 aromatic rings. The van der Waals surface area contributed by atoms with Gasteiger partial charge in [-0.1, -0.05) is 74.5 Å². The summed E-state index contributed by atoms with van der Waals surface area (Å²) < 4.78 is 0. The topological polar surface area (TPSA) is 12.0 Å². The van der Waals surface area contributed by atoms with Gasteiger partial charge in [-0.3, -0.25) is 0 Å². The van der Waals surface area contributed by atoms with Crippen LogP contribution < -0.4 is 5.32 Å². The highest BCUT2D eigenvalue weighted by molar-refractivity contribution is 7.99. The van der Waals surface area contributed by atoms with E-state index >= 15 is 0 Å². The second-order valence-corrected chi connectivity index (χ2v) is 8.13. The standard InChI is InChI=1S/C24H25NS/c1-3-4-7-18-10-12-19(13-11-18)17(2)20-14-15-24-22(16-20)25-21-8-5-6-9-23(21)26-24/h5-6,8-17,25H,3-4,7H2,1-2H3. The molecule has 0 aliphatic carbocycles. The Labute approximate surface area is 160 Å². The highest BCUT2D eigenvalue weighted by atomic mass is 32.2. The SMILES string of the molecule is CCCCc1ccc(C(C)c2ccc3c(c2)Nc2ccccc2S3)cc1. The predicted octanol–water partition coefficient (Wildman–Crippen LogP) is 7.39. The molecular formula is C24H25NS. The van der Waals surface area contributed by atoms with E-state index in [0.717, 1.165) is 0 Å². The normalized spacial score (nSPS) is 13.5. The van der Waals surface area contributed by atoms with Gasteiger partial charge in [-0.25, -0.2) is 0 Å². The van der Waals surface area contributed by atoms with E-state index in [0.29, 0.717) is 5.92 Å². The van der Waals surface area contributed by atoms with Crippen LogP contribution in [-0.4, -0.2) is 0 Å². The van der Waals surface area contributed by atoms with Crippen LogP contribution in [0.4, 0.5) is 11.4 Å². The second-order valence-electron chi connectivity index (χ2n) is 7.05. The molecule has 0 aromatic heterocycles. The first kappa shape index (κ1) is 17.2. The van der Waals surface area contributed by atoms with E-state index in [1.54, 1.807) is 0 Å².